The van der Waals surface area contributed by atoms with Gasteiger partial charge in [-0.1, -0.05) is 18.2 Å². The third-order valence-corrected chi connectivity index (χ3v) is 3.53. The number of hydrogen-bond donors (Lipinski definition) is 1. The number of benzene rings is 1. The molecule has 2 heteroatoms. The van der Waals surface area contributed by atoms with E-state index in [1.807, 2.05) is 12.1 Å². The average molecular weight is 187 g/mol. The van der Waals surface area contributed by atoms with E-state index in [0.717, 1.165) is 18.4 Å². The summed E-state index contributed by atoms with van der Waals surface area (Å²) in [6, 6.07) is 5.77. The number of rotatable bonds is 0. The fourth-order valence-corrected chi connectivity index (χ4v) is 2.86. The zero-order valence-electron chi connectivity index (χ0n) is 7.99. The Bertz CT molecular complexity index is 411. The van der Waals surface area contributed by atoms with Gasteiger partial charge in [-0.05, 0) is 30.4 Å². The minimum absolute atomic E-state index is 0.147. The summed E-state index contributed by atoms with van der Waals surface area (Å²) in [5, 5.41) is 0. The molecule has 2 unspecified atom stereocenters. The summed E-state index contributed by atoms with van der Waals surface area (Å²) in [7, 11) is 0. The molecule has 2 aliphatic carbocycles. The van der Waals surface area contributed by atoms with Crippen molar-refractivity contribution in [2.45, 2.75) is 31.2 Å². The van der Waals surface area contributed by atoms with Crippen LogP contribution in [0.1, 0.15) is 40.2 Å². The molecule has 0 bridgehead atoms. The maximum Gasteiger partial charge on any atom is 0.180 e. The summed E-state index contributed by atoms with van der Waals surface area (Å²) in [6.07, 6.45) is 3.36. The molecule has 1 aromatic rings. The monoisotopic (exact) mass is 187 g/mol. The van der Waals surface area contributed by atoms with Crippen LogP contribution in [0.4, 0.5) is 0 Å². The Morgan fingerprint density at radius 3 is 3.07 bits per heavy atom. The number of carbonyl (C=O) groups excluding carboxylic acids is 1. The largest absolute Gasteiger partial charge is 0.321 e. The van der Waals surface area contributed by atoms with Gasteiger partial charge in [0, 0.05) is 11.5 Å². The molecule has 0 aromatic heterocycles. The van der Waals surface area contributed by atoms with Crippen LogP contribution in [0.25, 0.3) is 0 Å². The van der Waals surface area contributed by atoms with Crippen molar-refractivity contribution in [1.29, 1.82) is 0 Å². The number of nitrogens with two attached hydrogens (primary N) is 1. The van der Waals surface area contributed by atoms with Gasteiger partial charge in [0.05, 0.1) is 6.04 Å². The van der Waals surface area contributed by atoms with Gasteiger partial charge >= 0.3 is 0 Å². The third-order valence-electron chi connectivity index (χ3n) is 3.53. The van der Waals surface area contributed by atoms with Gasteiger partial charge in [-0.3, -0.25) is 4.79 Å². The summed E-state index contributed by atoms with van der Waals surface area (Å²) in [6.45, 7) is 0. The Hall–Kier alpha value is -1.15. The average Bonchev–Trinajstić information content (AvgIpc) is 2.47. The smallest absolute Gasteiger partial charge is 0.180 e. The number of hydrogen-bond acceptors (Lipinski definition) is 2. The summed E-state index contributed by atoms with van der Waals surface area (Å²) in [4.78, 5) is 11.8. The highest BCUT2D eigenvalue weighted by Gasteiger charge is 2.39. The van der Waals surface area contributed by atoms with Crippen LogP contribution in [0.15, 0.2) is 18.2 Å². The second-order valence-corrected chi connectivity index (χ2v) is 4.27. The fraction of sp³-hybridized carbons (Fsp3) is 0.417. The molecule has 2 aliphatic rings. The van der Waals surface area contributed by atoms with E-state index in [9.17, 15) is 4.79 Å². The van der Waals surface area contributed by atoms with E-state index >= 15 is 0 Å². The van der Waals surface area contributed by atoms with Gasteiger partial charge in [-0.25, -0.2) is 0 Å². The zero-order valence-corrected chi connectivity index (χ0v) is 7.99. The van der Waals surface area contributed by atoms with Gasteiger partial charge < -0.3 is 5.73 Å². The highest BCUT2D eigenvalue weighted by Crippen LogP contribution is 2.41. The highest BCUT2D eigenvalue weighted by atomic mass is 16.1. The quantitative estimate of drug-likeness (QED) is 0.670. The van der Waals surface area contributed by atoms with Crippen LogP contribution >= 0.6 is 0 Å². The Balaban J connectivity index is 2.27. The van der Waals surface area contributed by atoms with Gasteiger partial charge in [0.1, 0.15) is 0 Å². The molecule has 1 aromatic carbocycles. The molecule has 14 heavy (non-hydrogen) atoms. The lowest BCUT2D eigenvalue weighted by atomic mass is 9.83. The first-order valence-electron chi connectivity index (χ1n) is 5.20. The Labute approximate surface area is 83.1 Å². The summed E-state index contributed by atoms with van der Waals surface area (Å²) >= 11 is 0. The van der Waals surface area contributed by atoms with E-state index in [1.54, 1.807) is 0 Å². The molecule has 2 N–H and O–H groups in total. The molecular formula is C12H13NO. The van der Waals surface area contributed by atoms with Gasteiger partial charge in [0.25, 0.3) is 0 Å². The normalized spacial score (nSPS) is 29.1. The van der Waals surface area contributed by atoms with Crippen LogP contribution in [0.2, 0.25) is 0 Å². The topological polar surface area (TPSA) is 43.1 Å². The highest BCUT2D eigenvalue weighted by molar-refractivity contribution is 6.05. The maximum absolute atomic E-state index is 11.8. The van der Waals surface area contributed by atoms with Crippen molar-refractivity contribution in [2.24, 2.45) is 5.73 Å². The lowest BCUT2D eigenvalue weighted by Crippen LogP contribution is -2.31. The summed E-state index contributed by atoms with van der Waals surface area (Å²) < 4.78 is 0. The van der Waals surface area contributed by atoms with Crippen molar-refractivity contribution >= 4 is 5.78 Å². The van der Waals surface area contributed by atoms with E-state index in [-0.39, 0.29) is 11.8 Å². The molecule has 0 amide bonds. The number of ketones is 1. The Morgan fingerprint density at radius 1 is 1.36 bits per heavy atom. The van der Waals surface area contributed by atoms with Crippen LogP contribution in [-0.4, -0.2) is 11.8 Å². The standard InChI is InChI=1S/C12H13NO/c13-11-8-5-1-3-7-4-2-6-9(10(7)8)12(11)14/h2,4,6,8,11H,1,3,5,13H2. The van der Waals surface area contributed by atoms with Gasteiger partial charge in [-0.15, -0.1) is 0 Å². The van der Waals surface area contributed by atoms with Crippen molar-refractivity contribution in [3.8, 4) is 0 Å². The molecule has 0 spiro atoms. The van der Waals surface area contributed by atoms with Gasteiger partial charge in [-0.2, -0.15) is 0 Å². The lowest BCUT2D eigenvalue weighted by Gasteiger charge is -2.22. The predicted molar refractivity (Wildman–Crippen MR) is 54.4 cm³/mol. The van der Waals surface area contributed by atoms with Crippen LogP contribution in [0.5, 0.6) is 0 Å². The summed E-state index contributed by atoms with van der Waals surface area (Å²) in [5.41, 5.74) is 9.43. The first-order chi connectivity index (χ1) is 6.79. The third kappa shape index (κ3) is 0.867. The molecule has 2 atom stereocenters. The number of carbonyl (C=O) groups is 1. The van der Waals surface area contributed by atoms with Crippen LogP contribution in [-0.2, 0) is 6.42 Å². The second kappa shape index (κ2) is 2.67. The SMILES string of the molecule is NC1C(=O)c2cccc3c2C1CCC3. The van der Waals surface area contributed by atoms with Crippen LogP contribution < -0.4 is 5.73 Å². The second-order valence-electron chi connectivity index (χ2n) is 4.27. The Kier molecular flexibility index (Phi) is 1.56. The van der Waals surface area contributed by atoms with Gasteiger partial charge in [0.15, 0.2) is 5.78 Å². The van der Waals surface area contributed by atoms with E-state index in [0.29, 0.717) is 5.92 Å². The van der Waals surface area contributed by atoms with Crippen molar-refractivity contribution in [1.82, 2.24) is 0 Å². The lowest BCUT2D eigenvalue weighted by molar-refractivity contribution is 0.0965. The molecular weight excluding hydrogens is 174 g/mol. The van der Waals surface area contributed by atoms with E-state index < -0.39 is 0 Å². The predicted octanol–water partition coefficient (Wildman–Crippen LogP) is 1.63. The molecule has 0 fully saturated rings. The molecule has 2 nitrogen and oxygen atoms in total. The number of aryl methyl sites for hydroxylation is 1. The number of Topliss-reactive ketones (excluding diaryl/α,β-unsaturated/α-hetero) is 1. The first kappa shape index (κ1) is 8.18. The molecule has 3 rings (SSSR count). The van der Waals surface area contributed by atoms with E-state index in [2.05, 4.69) is 6.07 Å². The maximum atomic E-state index is 11.8. The fourth-order valence-electron chi connectivity index (χ4n) is 2.86. The summed E-state index contributed by atoms with van der Waals surface area (Å²) in [5.74, 6) is 0.455. The minimum Gasteiger partial charge on any atom is -0.321 e. The van der Waals surface area contributed by atoms with Crippen molar-refractivity contribution in [3.63, 3.8) is 0 Å². The molecule has 0 aliphatic heterocycles. The molecule has 0 radical (unpaired) electrons. The van der Waals surface area contributed by atoms with Crippen molar-refractivity contribution < 1.29 is 4.79 Å². The first-order valence-corrected chi connectivity index (χ1v) is 5.20. The zero-order chi connectivity index (χ0) is 9.71. The van der Waals surface area contributed by atoms with Crippen LogP contribution in [0, 0.1) is 0 Å². The van der Waals surface area contributed by atoms with Crippen molar-refractivity contribution in [3.05, 3.63) is 34.9 Å². The van der Waals surface area contributed by atoms with E-state index in [4.69, 9.17) is 5.73 Å². The van der Waals surface area contributed by atoms with Gasteiger partial charge in [0.2, 0.25) is 0 Å². The van der Waals surface area contributed by atoms with Crippen molar-refractivity contribution in [2.75, 3.05) is 0 Å². The molecule has 0 heterocycles. The van der Waals surface area contributed by atoms with E-state index in [1.165, 1.54) is 17.5 Å². The molecule has 72 valence electrons. The minimum atomic E-state index is -0.272. The molecule has 0 saturated heterocycles. The van der Waals surface area contributed by atoms with Crippen LogP contribution in [0.3, 0.4) is 0 Å². The molecule has 0 saturated carbocycles. The Morgan fingerprint density at radius 2 is 2.21 bits per heavy atom.